The van der Waals surface area contributed by atoms with Crippen LogP contribution in [0.15, 0.2) is 34.4 Å². The van der Waals surface area contributed by atoms with E-state index in [-0.39, 0.29) is 5.04 Å². The molecule has 0 aliphatic carbocycles. The van der Waals surface area contributed by atoms with Crippen LogP contribution in [-0.2, 0) is 14.7 Å². The fourth-order valence-corrected chi connectivity index (χ4v) is 6.85. The molecule has 5 nitrogen and oxygen atoms in total. The molecule has 1 N–H and O–H groups in total. The van der Waals surface area contributed by atoms with E-state index in [4.69, 9.17) is 4.74 Å². The van der Waals surface area contributed by atoms with Gasteiger partial charge in [0.15, 0.2) is 8.24 Å². The number of amides is 1. The smallest absolute Gasteiger partial charge is 0.420 e. The topological polar surface area (TPSA) is 67.8 Å². The molecule has 7 heteroatoms. The van der Waals surface area contributed by atoms with Crippen LogP contribution in [0.1, 0.15) is 39.4 Å². The first-order valence-electron chi connectivity index (χ1n) is 7.61. The molecule has 0 aliphatic rings. The van der Waals surface area contributed by atoms with Gasteiger partial charge in [-0.2, -0.15) is 0 Å². The van der Waals surface area contributed by atoms with Crippen LogP contribution in [0.2, 0.25) is 18.1 Å². The molecule has 1 amide bonds. The molecule has 1 rings (SSSR count). The summed E-state index contributed by atoms with van der Waals surface area (Å²) in [6.45, 7) is 12.1. The number of hydrogen-bond donors (Lipinski definition) is 1. The number of benzene rings is 1. The Labute approximate surface area is 141 Å². The minimum atomic E-state index is -2.84. The number of ether oxygens (including phenoxy) is 1. The third-order valence-corrected chi connectivity index (χ3v) is 11.5. The Kier molecular flexibility index (Phi) is 6.04. The second-order valence-electron chi connectivity index (χ2n) is 7.26. The van der Waals surface area contributed by atoms with Crippen LogP contribution in [0.3, 0.4) is 0 Å². The Bertz CT molecular complexity index is 660. The number of nitrogens with zero attached hydrogens (tertiary/aromatic N) is 1. The first-order valence-corrected chi connectivity index (χ1v) is 12.5. The average Bonchev–Trinajstić information content (AvgIpc) is 2.35. The molecule has 0 fully saturated rings. The molecule has 130 valence electrons. The van der Waals surface area contributed by atoms with E-state index in [2.05, 4.69) is 29.5 Å². The molecule has 0 aromatic heterocycles. The van der Waals surface area contributed by atoms with Gasteiger partial charge in [-0.3, -0.25) is 4.03 Å². The van der Waals surface area contributed by atoms with Crippen molar-refractivity contribution in [2.45, 2.75) is 51.9 Å². The van der Waals surface area contributed by atoms with Gasteiger partial charge in [-0.1, -0.05) is 51.1 Å². The van der Waals surface area contributed by atoms with Gasteiger partial charge in [-0.15, -0.1) is 0 Å². The Morgan fingerprint density at radius 2 is 1.78 bits per heavy atom. The lowest BCUT2D eigenvalue weighted by atomic mass is 10.1. The SMILES string of the molecule is C[C@@H](OC(=O)NS(C)(=O)=N[Si](C)(C)C(C)(C)C)c1ccccc1. The average molecular weight is 357 g/mol. The van der Waals surface area contributed by atoms with Crippen molar-refractivity contribution >= 4 is 24.2 Å². The lowest BCUT2D eigenvalue weighted by Crippen LogP contribution is -2.40. The minimum Gasteiger partial charge on any atom is -0.441 e. The first-order chi connectivity index (χ1) is 10.3. The third kappa shape index (κ3) is 5.99. The molecule has 1 aromatic carbocycles. The largest absolute Gasteiger partial charge is 0.441 e. The molecule has 0 saturated heterocycles. The quantitative estimate of drug-likeness (QED) is 0.808. The second-order valence-corrected chi connectivity index (χ2v) is 14.4. The predicted octanol–water partition coefficient (Wildman–Crippen LogP) is 4.49. The Morgan fingerprint density at radius 1 is 1.26 bits per heavy atom. The van der Waals surface area contributed by atoms with E-state index in [1.54, 1.807) is 6.92 Å². The van der Waals surface area contributed by atoms with Gasteiger partial charge in [0.25, 0.3) is 0 Å². The highest BCUT2D eigenvalue weighted by molar-refractivity contribution is 7.92. The van der Waals surface area contributed by atoms with Crippen molar-refractivity contribution in [2.75, 3.05) is 6.26 Å². The van der Waals surface area contributed by atoms with E-state index in [1.807, 2.05) is 43.4 Å². The molecular formula is C16H28N2O3SSi. The van der Waals surface area contributed by atoms with E-state index in [1.165, 1.54) is 6.26 Å². The Morgan fingerprint density at radius 3 is 2.26 bits per heavy atom. The van der Waals surface area contributed by atoms with Gasteiger partial charge in [-0.05, 0) is 30.6 Å². The van der Waals surface area contributed by atoms with E-state index in [0.29, 0.717) is 0 Å². The van der Waals surface area contributed by atoms with Crippen LogP contribution >= 0.6 is 0 Å². The molecule has 0 radical (unpaired) electrons. The van der Waals surface area contributed by atoms with Crippen molar-refractivity contribution in [3.05, 3.63) is 35.9 Å². The van der Waals surface area contributed by atoms with E-state index in [0.717, 1.165) is 5.56 Å². The van der Waals surface area contributed by atoms with Gasteiger partial charge in [0, 0.05) is 6.26 Å². The summed E-state index contributed by atoms with van der Waals surface area (Å²) in [5.74, 6) is 0. The predicted molar refractivity (Wildman–Crippen MR) is 98.2 cm³/mol. The summed E-state index contributed by atoms with van der Waals surface area (Å²) in [5, 5.41) is -0.0470. The number of hydrogen-bond acceptors (Lipinski definition) is 4. The zero-order chi connectivity index (χ0) is 17.9. The number of rotatable bonds is 4. The van der Waals surface area contributed by atoms with E-state index < -0.39 is 30.3 Å². The van der Waals surface area contributed by atoms with Gasteiger partial charge >= 0.3 is 6.09 Å². The van der Waals surface area contributed by atoms with Crippen LogP contribution < -0.4 is 4.72 Å². The molecule has 1 unspecified atom stereocenters. The zero-order valence-corrected chi connectivity index (χ0v) is 16.9. The van der Waals surface area contributed by atoms with Crippen molar-refractivity contribution in [1.82, 2.24) is 4.72 Å². The zero-order valence-electron chi connectivity index (χ0n) is 15.0. The summed E-state index contributed by atoms with van der Waals surface area (Å²) in [6, 6.07) is 9.40. The third-order valence-electron chi connectivity index (χ3n) is 4.06. The maximum Gasteiger partial charge on any atom is 0.420 e. The van der Waals surface area contributed by atoms with Gasteiger partial charge in [-0.25, -0.2) is 13.7 Å². The van der Waals surface area contributed by atoms with Crippen LogP contribution in [0.5, 0.6) is 0 Å². The number of nitrogens with one attached hydrogen (secondary N) is 1. The summed E-state index contributed by atoms with van der Waals surface area (Å²) in [7, 11) is -4.97. The normalized spacial score (nSPS) is 16.1. The standard InChI is InChI=1S/C16H28N2O3SSi/c1-13(14-11-9-8-10-12-14)21-15(19)17-22(5,20)18-23(6,7)16(2,3)4/h8-13H,1-7H3,(H,17,18,19,20)/t13-,22?/m1/s1. The first kappa shape index (κ1) is 19.7. The fourth-order valence-electron chi connectivity index (χ4n) is 1.73. The summed E-state index contributed by atoms with van der Waals surface area (Å²) < 4.78 is 24.8. The summed E-state index contributed by atoms with van der Waals surface area (Å²) in [5.41, 5.74) is 0.881. The van der Waals surface area contributed by atoms with Crippen molar-refractivity contribution in [1.29, 1.82) is 0 Å². The van der Waals surface area contributed by atoms with E-state index >= 15 is 0 Å². The molecule has 0 spiro atoms. The van der Waals surface area contributed by atoms with Gasteiger partial charge in [0.05, 0.1) is 0 Å². The molecule has 2 atom stereocenters. The summed E-state index contributed by atoms with van der Waals surface area (Å²) in [6.07, 6.45) is 0.317. The van der Waals surface area contributed by atoms with Crippen LogP contribution in [0.25, 0.3) is 0 Å². The van der Waals surface area contributed by atoms with Gasteiger partial charge in [0.1, 0.15) is 16.0 Å². The second kappa shape index (κ2) is 7.05. The monoisotopic (exact) mass is 356 g/mol. The highest BCUT2D eigenvalue weighted by atomic mass is 32.2. The lowest BCUT2D eigenvalue weighted by Gasteiger charge is -2.32. The number of carbonyl (C=O) groups excluding carboxylic acids is 1. The Hall–Kier alpha value is -1.34. The van der Waals surface area contributed by atoms with Crippen LogP contribution in [0, 0.1) is 0 Å². The maximum absolute atomic E-state index is 12.6. The van der Waals surface area contributed by atoms with Crippen molar-refractivity contribution in [2.24, 2.45) is 4.03 Å². The molecule has 1 aromatic rings. The molecule has 0 heterocycles. The minimum absolute atomic E-state index is 0.0470. The van der Waals surface area contributed by atoms with Crippen LogP contribution in [0.4, 0.5) is 4.79 Å². The summed E-state index contributed by atoms with van der Waals surface area (Å²) >= 11 is 0. The molecular weight excluding hydrogens is 328 g/mol. The highest BCUT2D eigenvalue weighted by Crippen LogP contribution is 2.37. The number of carbonyl (C=O) groups is 1. The lowest BCUT2D eigenvalue weighted by molar-refractivity contribution is 0.113. The van der Waals surface area contributed by atoms with Crippen molar-refractivity contribution < 1.29 is 13.7 Å². The fraction of sp³-hybridized carbons (Fsp3) is 0.562. The molecule has 23 heavy (non-hydrogen) atoms. The summed E-state index contributed by atoms with van der Waals surface area (Å²) in [4.78, 5) is 12.0. The molecule has 0 saturated carbocycles. The molecule has 0 aliphatic heterocycles. The Balaban J connectivity index is 2.82. The van der Waals surface area contributed by atoms with Crippen LogP contribution in [-0.4, -0.2) is 24.8 Å². The maximum atomic E-state index is 12.6. The molecule has 0 bridgehead atoms. The van der Waals surface area contributed by atoms with Crippen molar-refractivity contribution in [3.8, 4) is 0 Å². The highest BCUT2D eigenvalue weighted by Gasteiger charge is 2.37. The van der Waals surface area contributed by atoms with Crippen molar-refractivity contribution in [3.63, 3.8) is 0 Å². The van der Waals surface area contributed by atoms with Gasteiger partial charge < -0.3 is 4.74 Å². The van der Waals surface area contributed by atoms with Gasteiger partial charge in [0.2, 0.25) is 0 Å². The van der Waals surface area contributed by atoms with E-state index in [9.17, 15) is 9.00 Å².